The van der Waals surface area contributed by atoms with E-state index in [0.717, 1.165) is 0 Å². The van der Waals surface area contributed by atoms with Crippen molar-refractivity contribution in [3.8, 4) is 0 Å². The summed E-state index contributed by atoms with van der Waals surface area (Å²) >= 11 is 0. The van der Waals surface area contributed by atoms with Crippen LogP contribution in [0.1, 0.15) is 60.8 Å². The summed E-state index contributed by atoms with van der Waals surface area (Å²) in [6, 6.07) is -1.85. The SMILES string of the molecule is CC(C)C[C@H](NC(=O)C(C)(C)NC(=O)[C@H](CC(C)C)NC(=O)CCN)C(=O)O. The maximum absolute atomic E-state index is 12.7. The van der Waals surface area contributed by atoms with Gasteiger partial charge in [-0.2, -0.15) is 0 Å². The quantitative estimate of drug-likeness (QED) is 0.319. The van der Waals surface area contributed by atoms with Crippen molar-refractivity contribution in [3.05, 3.63) is 0 Å². The lowest BCUT2D eigenvalue weighted by atomic mass is 9.98. The molecule has 0 spiro atoms. The number of carboxylic acid groups (broad SMARTS) is 1. The highest BCUT2D eigenvalue weighted by Gasteiger charge is 2.35. The smallest absolute Gasteiger partial charge is 0.326 e. The summed E-state index contributed by atoms with van der Waals surface area (Å²) < 4.78 is 0. The van der Waals surface area contributed by atoms with E-state index < -0.39 is 35.4 Å². The van der Waals surface area contributed by atoms with Gasteiger partial charge in [-0.05, 0) is 38.5 Å². The third-order valence-corrected chi connectivity index (χ3v) is 4.04. The number of carbonyl (C=O) groups excluding carboxylic acids is 3. The minimum absolute atomic E-state index is 0.0762. The Labute approximate surface area is 167 Å². The van der Waals surface area contributed by atoms with Gasteiger partial charge in [-0.25, -0.2) is 4.79 Å². The fourth-order valence-electron chi connectivity index (χ4n) is 2.58. The summed E-state index contributed by atoms with van der Waals surface area (Å²) in [4.78, 5) is 48.5. The molecule has 0 aliphatic heterocycles. The van der Waals surface area contributed by atoms with E-state index in [1.54, 1.807) is 0 Å². The summed E-state index contributed by atoms with van der Waals surface area (Å²) in [5.74, 6) is -2.37. The van der Waals surface area contributed by atoms with Crippen LogP contribution in [-0.2, 0) is 19.2 Å². The van der Waals surface area contributed by atoms with Crippen LogP contribution in [0.2, 0.25) is 0 Å². The summed E-state index contributed by atoms with van der Waals surface area (Å²) in [7, 11) is 0. The molecule has 0 bridgehead atoms. The van der Waals surface area contributed by atoms with E-state index in [9.17, 15) is 24.3 Å². The zero-order valence-electron chi connectivity index (χ0n) is 17.8. The predicted octanol–water partition coefficient (Wildman–Crippen LogP) is 0.376. The lowest BCUT2D eigenvalue weighted by Gasteiger charge is -2.30. The Hall–Kier alpha value is -2.16. The number of carbonyl (C=O) groups is 4. The van der Waals surface area contributed by atoms with Crippen LogP contribution in [0.25, 0.3) is 0 Å². The standard InChI is InChI=1S/C19H36N4O5/c1-11(2)9-13(21-15(24)7-8-20)16(25)23-19(5,6)18(28)22-14(17(26)27)10-12(3)4/h11-14H,7-10,20H2,1-6H3,(H,21,24)(H,22,28)(H,23,25)(H,26,27)/t13-,14-/m0/s1. The molecule has 162 valence electrons. The van der Waals surface area contributed by atoms with Crippen LogP contribution in [0.5, 0.6) is 0 Å². The van der Waals surface area contributed by atoms with Gasteiger partial charge in [-0.15, -0.1) is 0 Å². The Morgan fingerprint density at radius 2 is 1.43 bits per heavy atom. The van der Waals surface area contributed by atoms with Crippen LogP contribution in [0.3, 0.4) is 0 Å². The molecule has 0 saturated carbocycles. The van der Waals surface area contributed by atoms with Crippen molar-refractivity contribution >= 4 is 23.7 Å². The van der Waals surface area contributed by atoms with Crippen LogP contribution >= 0.6 is 0 Å². The number of nitrogens with two attached hydrogens (primary N) is 1. The second kappa shape index (κ2) is 11.6. The number of amides is 3. The molecular formula is C19H36N4O5. The first kappa shape index (κ1) is 25.8. The van der Waals surface area contributed by atoms with Gasteiger partial charge in [0.1, 0.15) is 17.6 Å². The topological polar surface area (TPSA) is 151 Å². The Morgan fingerprint density at radius 1 is 0.929 bits per heavy atom. The molecule has 0 saturated heterocycles. The second-order valence-corrected chi connectivity index (χ2v) is 8.40. The number of nitrogens with one attached hydrogen (secondary N) is 3. The Bertz CT molecular complexity index is 561. The van der Waals surface area contributed by atoms with Crippen molar-refractivity contribution in [2.75, 3.05) is 6.54 Å². The molecule has 0 aromatic carbocycles. The van der Waals surface area contributed by atoms with Gasteiger partial charge in [-0.1, -0.05) is 27.7 Å². The monoisotopic (exact) mass is 400 g/mol. The minimum Gasteiger partial charge on any atom is -0.480 e. The number of hydrogen-bond acceptors (Lipinski definition) is 5. The molecule has 9 heteroatoms. The van der Waals surface area contributed by atoms with E-state index in [-0.39, 0.29) is 37.1 Å². The number of aliphatic carboxylic acids is 1. The average Bonchev–Trinajstić information content (AvgIpc) is 2.52. The molecule has 0 radical (unpaired) electrons. The summed E-state index contributed by atoms with van der Waals surface area (Å²) in [6.45, 7) is 10.7. The first-order valence-corrected chi connectivity index (χ1v) is 9.65. The zero-order chi connectivity index (χ0) is 22.1. The largest absolute Gasteiger partial charge is 0.480 e. The van der Waals surface area contributed by atoms with Gasteiger partial charge in [0.2, 0.25) is 17.7 Å². The molecule has 0 fully saturated rings. The van der Waals surface area contributed by atoms with Crippen molar-refractivity contribution in [1.29, 1.82) is 0 Å². The zero-order valence-corrected chi connectivity index (χ0v) is 17.8. The summed E-state index contributed by atoms with van der Waals surface area (Å²) in [6.07, 6.45) is 0.766. The van der Waals surface area contributed by atoms with Crippen LogP contribution in [0, 0.1) is 11.8 Å². The molecule has 9 nitrogen and oxygen atoms in total. The molecule has 0 aromatic heterocycles. The molecular weight excluding hydrogens is 364 g/mol. The molecule has 0 aliphatic rings. The van der Waals surface area contributed by atoms with Crippen molar-refractivity contribution in [3.63, 3.8) is 0 Å². The molecule has 0 heterocycles. The van der Waals surface area contributed by atoms with Gasteiger partial charge in [0, 0.05) is 13.0 Å². The van der Waals surface area contributed by atoms with E-state index >= 15 is 0 Å². The first-order valence-electron chi connectivity index (χ1n) is 9.65. The average molecular weight is 401 g/mol. The summed E-state index contributed by atoms with van der Waals surface area (Å²) in [5.41, 5.74) is 4.02. The van der Waals surface area contributed by atoms with Crippen molar-refractivity contribution < 1.29 is 24.3 Å². The highest BCUT2D eigenvalue weighted by Crippen LogP contribution is 2.11. The van der Waals surface area contributed by atoms with Crippen LogP contribution in [0.15, 0.2) is 0 Å². The normalized spacial score (nSPS) is 13.8. The molecule has 28 heavy (non-hydrogen) atoms. The molecule has 2 atom stereocenters. The molecule has 0 unspecified atom stereocenters. The highest BCUT2D eigenvalue weighted by atomic mass is 16.4. The van der Waals surface area contributed by atoms with Gasteiger partial charge >= 0.3 is 5.97 Å². The van der Waals surface area contributed by atoms with E-state index in [1.165, 1.54) is 13.8 Å². The minimum atomic E-state index is -1.35. The van der Waals surface area contributed by atoms with Crippen molar-refractivity contribution in [2.24, 2.45) is 17.6 Å². The fraction of sp³-hybridized carbons (Fsp3) is 0.789. The maximum Gasteiger partial charge on any atom is 0.326 e. The Balaban J connectivity index is 5.16. The van der Waals surface area contributed by atoms with E-state index in [0.29, 0.717) is 6.42 Å². The van der Waals surface area contributed by atoms with Gasteiger partial charge in [0.15, 0.2) is 0 Å². The molecule has 0 rings (SSSR count). The molecule has 0 aliphatic carbocycles. The van der Waals surface area contributed by atoms with E-state index in [2.05, 4.69) is 16.0 Å². The first-order chi connectivity index (χ1) is 12.8. The van der Waals surface area contributed by atoms with Gasteiger partial charge in [0.25, 0.3) is 0 Å². The fourth-order valence-corrected chi connectivity index (χ4v) is 2.58. The lowest BCUT2D eigenvalue weighted by Crippen LogP contribution is -2.61. The van der Waals surface area contributed by atoms with Crippen LogP contribution in [-0.4, -0.2) is 53.0 Å². The Kier molecular flexibility index (Phi) is 10.7. The summed E-state index contributed by atoms with van der Waals surface area (Å²) in [5, 5.41) is 17.0. The van der Waals surface area contributed by atoms with Crippen LogP contribution in [0.4, 0.5) is 0 Å². The van der Waals surface area contributed by atoms with Gasteiger partial charge in [0.05, 0.1) is 0 Å². The van der Waals surface area contributed by atoms with Gasteiger partial charge in [-0.3, -0.25) is 14.4 Å². The maximum atomic E-state index is 12.7. The number of hydrogen-bond donors (Lipinski definition) is 5. The molecule has 0 aromatic rings. The number of rotatable bonds is 12. The molecule has 3 amide bonds. The predicted molar refractivity (Wildman–Crippen MR) is 106 cm³/mol. The van der Waals surface area contributed by atoms with Crippen molar-refractivity contribution in [2.45, 2.75) is 78.4 Å². The molecule has 6 N–H and O–H groups in total. The second-order valence-electron chi connectivity index (χ2n) is 8.40. The number of carboxylic acids is 1. The van der Waals surface area contributed by atoms with Crippen LogP contribution < -0.4 is 21.7 Å². The van der Waals surface area contributed by atoms with Gasteiger partial charge < -0.3 is 26.8 Å². The third kappa shape index (κ3) is 9.68. The Morgan fingerprint density at radius 3 is 1.86 bits per heavy atom. The third-order valence-electron chi connectivity index (χ3n) is 4.04. The van der Waals surface area contributed by atoms with E-state index in [1.807, 2.05) is 27.7 Å². The lowest BCUT2D eigenvalue weighted by molar-refractivity contribution is -0.143. The highest BCUT2D eigenvalue weighted by molar-refractivity contribution is 5.95. The van der Waals surface area contributed by atoms with E-state index in [4.69, 9.17) is 5.73 Å². The van der Waals surface area contributed by atoms with Crippen molar-refractivity contribution in [1.82, 2.24) is 16.0 Å².